The van der Waals surface area contributed by atoms with Crippen LogP contribution in [0, 0.1) is 5.92 Å². The van der Waals surface area contributed by atoms with E-state index < -0.39 is 17.7 Å². The van der Waals surface area contributed by atoms with Gasteiger partial charge in [0.2, 0.25) is 11.8 Å². The number of unbranched alkanes of at least 4 members (excludes halogenated alkanes) is 1. The summed E-state index contributed by atoms with van der Waals surface area (Å²) in [6, 6.07) is 5.12. The van der Waals surface area contributed by atoms with E-state index in [1.807, 2.05) is 23.1 Å². The third kappa shape index (κ3) is 4.69. The van der Waals surface area contributed by atoms with Crippen molar-refractivity contribution in [2.75, 3.05) is 19.6 Å². The third-order valence-corrected chi connectivity index (χ3v) is 7.76. The van der Waals surface area contributed by atoms with Gasteiger partial charge < -0.3 is 15.3 Å². The third-order valence-electron chi connectivity index (χ3n) is 7.76. The maximum absolute atomic E-state index is 13.6. The van der Waals surface area contributed by atoms with E-state index in [0.29, 0.717) is 19.4 Å². The maximum atomic E-state index is 13.6. The number of piperazine rings is 1. The van der Waals surface area contributed by atoms with Crippen molar-refractivity contribution < 1.29 is 14.7 Å². The molecule has 2 amide bonds. The molecule has 2 saturated heterocycles. The van der Waals surface area contributed by atoms with E-state index in [2.05, 4.69) is 22.1 Å². The molecule has 7 heteroatoms. The summed E-state index contributed by atoms with van der Waals surface area (Å²) in [5.74, 6) is -0.0693. The minimum Gasteiger partial charge on any atom is -0.390 e. The van der Waals surface area contributed by atoms with Crippen LogP contribution in [0.3, 0.4) is 0 Å². The summed E-state index contributed by atoms with van der Waals surface area (Å²) >= 11 is 0. The number of hydrogen-bond donors (Lipinski definition) is 2. The predicted molar refractivity (Wildman–Crippen MR) is 123 cm³/mol. The summed E-state index contributed by atoms with van der Waals surface area (Å²) < 4.78 is 0. The van der Waals surface area contributed by atoms with Gasteiger partial charge in [-0.2, -0.15) is 0 Å². The van der Waals surface area contributed by atoms with Crippen LogP contribution in [0.1, 0.15) is 70.4 Å². The number of amides is 2. The van der Waals surface area contributed by atoms with Crippen LogP contribution in [0.5, 0.6) is 0 Å². The lowest BCUT2D eigenvalue weighted by Gasteiger charge is -2.52. The molecule has 2 N–H and O–H groups in total. The molecule has 1 spiro atoms. The van der Waals surface area contributed by atoms with E-state index >= 15 is 0 Å². The van der Waals surface area contributed by atoms with Crippen molar-refractivity contribution in [1.29, 1.82) is 0 Å². The van der Waals surface area contributed by atoms with Crippen LogP contribution in [-0.2, 0) is 16.1 Å². The Hall–Kier alpha value is -1.99. The van der Waals surface area contributed by atoms with Crippen molar-refractivity contribution in [3.8, 4) is 0 Å². The molecule has 7 nitrogen and oxygen atoms in total. The fourth-order valence-electron chi connectivity index (χ4n) is 5.76. The van der Waals surface area contributed by atoms with Gasteiger partial charge in [0, 0.05) is 32.4 Å². The van der Waals surface area contributed by atoms with Gasteiger partial charge >= 0.3 is 0 Å². The van der Waals surface area contributed by atoms with E-state index in [0.717, 1.165) is 63.9 Å². The van der Waals surface area contributed by atoms with Crippen molar-refractivity contribution in [1.82, 2.24) is 20.1 Å². The summed E-state index contributed by atoms with van der Waals surface area (Å²) in [4.78, 5) is 35.7. The molecule has 1 aliphatic carbocycles. The van der Waals surface area contributed by atoms with Crippen molar-refractivity contribution in [2.45, 2.75) is 88.9 Å². The first-order chi connectivity index (χ1) is 15.5. The second kappa shape index (κ2) is 10.3. The van der Waals surface area contributed by atoms with Gasteiger partial charge in [0.15, 0.2) is 0 Å². The number of nitrogens with zero attached hydrogens (tertiary/aromatic N) is 3. The molecule has 0 aromatic carbocycles. The molecule has 3 heterocycles. The van der Waals surface area contributed by atoms with Gasteiger partial charge in [-0.3, -0.25) is 19.5 Å². The summed E-state index contributed by atoms with van der Waals surface area (Å²) in [5.41, 5.74) is 0.224. The van der Waals surface area contributed by atoms with E-state index in [1.54, 1.807) is 6.20 Å². The summed E-state index contributed by atoms with van der Waals surface area (Å²) in [6.07, 6.45) is 9.31. The van der Waals surface area contributed by atoms with Gasteiger partial charge in [-0.15, -0.1) is 0 Å². The number of carbonyl (C=O) groups excluding carboxylic acids is 2. The Kier molecular flexibility index (Phi) is 7.46. The topological polar surface area (TPSA) is 85.8 Å². The Balaban J connectivity index is 1.48. The molecule has 32 heavy (non-hydrogen) atoms. The smallest absolute Gasteiger partial charge is 0.248 e. The molecule has 3 aliphatic rings. The average Bonchev–Trinajstić information content (AvgIpc) is 2.83. The van der Waals surface area contributed by atoms with Gasteiger partial charge in [-0.1, -0.05) is 38.7 Å². The first-order valence-electron chi connectivity index (χ1n) is 12.5. The van der Waals surface area contributed by atoms with Crippen molar-refractivity contribution in [3.05, 3.63) is 30.1 Å². The second-order valence-corrected chi connectivity index (χ2v) is 9.81. The summed E-state index contributed by atoms with van der Waals surface area (Å²) in [5, 5.41) is 14.0. The van der Waals surface area contributed by atoms with Crippen molar-refractivity contribution in [3.63, 3.8) is 0 Å². The molecule has 4 rings (SSSR count). The molecule has 2 aliphatic heterocycles. The average molecular weight is 443 g/mol. The fraction of sp³-hybridized carbons (Fsp3) is 0.720. The van der Waals surface area contributed by atoms with Crippen LogP contribution in [-0.4, -0.2) is 69.0 Å². The Morgan fingerprint density at radius 1 is 1.19 bits per heavy atom. The number of carbonyl (C=O) groups is 2. The number of hydrogen-bond acceptors (Lipinski definition) is 5. The number of aromatic nitrogens is 1. The lowest BCUT2D eigenvalue weighted by molar-refractivity contribution is -0.166. The number of piperidine rings is 1. The fourth-order valence-corrected chi connectivity index (χ4v) is 5.76. The lowest BCUT2D eigenvalue weighted by Crippen LogP contribution is -2.75. The Morgan fingerprint density at radius 3 is 2.59 bits per heavy atom. The first kappa shape index (κ1) is 23.2. The Labute approximate surface area is 191 Å². The predicted octanol–water partition coefficient (Wildman–Crippen LogP) is 2.48. The number of pyridine rings is 1. The molecule has 0 radical (unpaired) electrons. The highest BCUT2D eigenvalue weighted by Crippen LogP contribution is 2.36. The highest BCUT2D eigenvalue weighted by atomic mass is 16.3. The van der Waals surface area contributed by atoms with Crippen LogP contribution >= 0.6 is 0 Å². The molecule has 176 valence electrons. The zero-order valence-corrected chi connectivity index (χ0v) is 19.3. The normalized spacial score (nSPS) is 25.7. The van der Waals surface area contributed by atoms with E-state index in [9.17, 15) is 14.7 Å². The molecular weight excluding hydrogens is 404 g/mol. The van der Waals surface area contributed by atoms with Crippen LogP contribution < -0.4 is 5.32 Å². The number of nitrogens with one attached hydrogen (secondary N) is 1. The number of aliphatic hydroxyl groups is 1. The summed E-state index contributed by atoms with van der Waals surface area (Å²) in [7, 11) is 0. The quantitative estimate of drug-likeness (QED) is 0.678. The zero-order chi connectivity index (χ0) is 22.6. The largest absolute Gasteiger partial charge is 0.390 e. The van der Waals surface area contributed by atoms with Crippen LogP contribution in [0.25, 0.3) is 0 Å². The minimum absolute atomic E-state index is 0.0782. The van der Waals surface area contributed by atoms with E-state index in [4.69, 9.17) is 0 Å². The Morgan fingerprint density at radius 2 is 1.94 bits per heavy atom. The molecule has 1 aromatic rings. The molecule has 2 atom stereocenters. The lowest BCUT2D eigenvalue weighted by atomic mass is 9.78. The van der Waals surface area contributed by atoms with Gasteiger partial charge in [0.05, 0.1) is 11.8 Å². The molecule has 3 fully saturated rings. The molecule has 0 unspecified atom stereocenters. The zero-order valence-electron chi connectivity index (χ0n) is 19.3. The Bertz CT molecular complexity index is 773. The molecular formula is C25H38N4O3. The monoisotopic (exact) mass is 442 g/mol. The molecule has 1 aromatic heterocycles. The molecule has 0 bridgehead atoms. The second-order valence-electron chi connectivity index (χ2n) is 9.81. The highest BCUT2D eigenvalue weighted by molar-refractivity contribution is 6.00. The number of rotatable bonds is 7. The standard InChI is InChI=1S/C25H38N4O3/c1-2-3-15-29-23(31)21(22(30)19-9-5-4-6-10-19)27-24(32)25(29)12-16-28(17-13-25)18-20-11-7-8-14-26-20/h7-8,11,14,19,21-22,30H,2-6,9-10,12-13,15-18H2,1H3,(H,27,32)/t21-,22-/m1/s1. The van der Waals surface area contributed by atoms with Crippen molar-refractivity contribution >= 4 is 11.8 Å². The van der Waals surface area contributed by atoms with Gasteiger partial charge in [0.25, 0.3) is 0 Å². The minimum atomic E-state index is -0.806. The van der Waals surface area contributed by atoms with E-state index in [1.165, 1.54) is 6.42 Å². The number of likely N-dealkylation sites (tertiary alicyclic amines) is 1. The molecule has 1 saturated carbocycles. The summed E-state index contributed by atoms with van der Waals surface area (Å²) in [6.45, 7) is 4.93. The van der Waals surface area contributed by atoms with Crippen LogP contribution in [0.4, 0.5) is 0 Å². The van der Waals surface area contributed by atoms with Gasteiger partial charge in [0.1, 0.15) is 11.6 Å². The SMILES string of the molecule is CCCCN1C(=O)[C@@H]([C@H](O)C2CCCCC2)NC(=O)C12CCN(Cc1ccccn1)CC2. The van der Waals surface area contributed by atoms with Gasteiger partial charge in [-0.25, -0.2) is 0 Å². The highest BCUT2D eigenvalue weighted by Gasteiger charge is 2.55. The van der Waals surface area contributed by atoms with Gasteiger partial charge in [-0.05, 0) is 50.2 Å². The van der Waals surface area contributed by atoms with Crippen LogP contribution in [0.2, 0.25) is 0 Å². The van der Waals surface area contributed by atoms with E-state index in [-0.39, 0.29) is 17.7 Å². The number of aliphatic hydroxyl groups excluding tert-OH is 1. The van der Waals surface area contributed by atoms with Crippen molar-refractivity contribution in [2.24, 2.45) is 5.92 Å². The maximum Gasteiger partial charge on any atom is 0.248 e. The van der Waals surface area contributed by atoms with Crippen LogP contribution in [0.15, 0.2) is 24.4 Å². The first-order valence-corrected chi connectivity index (χ1v) is 12.5.